The molecule has 0 bridgehead atoms. The topological polar surface area (TPSA) is 0 Å². The number of thiophene rings is 1. The average molecular weight is 211 g/mol. The molecular formula is C11H11ClS. The molecule has 0 radical (unpaired) electrons. The summed E-state index contributed by atoms with van der Waals surface area (Å²) in [6.07, 6.45) is 0. The van der Waals surface area contributed by atoms with Crippen molar-refractivity contribution in [2.24, 2.45) is 0 Å². The lowest BCUT2D eigenvalue weighted by Crippen LogP contribution is -1.86. The zero-order chi connectivity index (χ0) is 9.42. The van der Waals surface area contributed by atoms with Crippen LogP contribution in [0.1, 0.15) is 16.7 Å². The van der Waals surface area contributed by atoms with E-state index in [2.05, 4.69) is 31.4 Å². The SMILES string of the molecule is Cc1ccc2scc(C)c2c1CCl. The molecule has 0 nitrogen and oxygen atoms in total. The first kappa shape index (κ1) is 9.04. The predicted molar refractivity (Wildman–Crippen MR) is 60.9 cm³/mol. The number of hydrogen-bond donors (Lipinski definition) is 0. The molecule has 2 rings (SSSR count). The molecule has 0 unspecified atom stereocenters. The number of hydrogen-bond acceptors (Lipinski definition) is 1. The summed E-state index contributed by atoms with van der Waals surface area (Å²) in [6.45, 7) is 4.27. The highest BCUT2D eigenvalue weighted by molar-refractivity contribution is 7.17. The van der Waals surface area contributed by atoms with Crippen LogP contribution in [-0.2, 0) is 5.88 Å². The highest BCUT2D eigenvalue weighted by atomic mass is 35.5. The third kappa shape index (κ3) is 1.36. The summed E-state index contributed by atoms with van der Waals surface area (Å²) in [7, 11) is 0. The fraction of sp³-hybridized carbons (Fsp3) is 0.273. The molecule has 13 heavy (non-hydrogen) atoms. The van der Waals surface area contributed by atoms with E-state index in [-0.39, 0.29) is 0 Å². The number of fused-ring (bicyclic) bond motifs is 1. The number of benzene rings is 1. The van der Waals surface area contributed by atoms with E-state index in [1.54, 1.807) is 11.3 Å². The third-order valence-electron chi connectivity index (χ3n) is 2.40. The monoisotopic (exact) mass is 210 g/mol. The second-order valence-corrected chi connectivity index (χ2v) is 4.46. The molecule has 1 heterocycles. The number of halogens is 1. The number of alkyl halides is 1. The van der Waals surface area contributed by atoms with Crippen molar-refractivity contribution in [2.45, 2.75) is 19.7 Å². The van der Waals surface area contributed by atoms with Crippen molar-refractivity contribution in [3.05, 3.63) is 34.2 Å². The molecule has 0 saturated carbocycles. The maximum absolute atomic E-state index is 5.94. The Morgan fingerprint density at radius 3 is 2.69 bits per heavy atom. The van der Waals surface area contributed by atoms with Crippen molar-refractivity contribution < 1.29 is 0 Å². The molecule has 68 valence electrons. The Morgan fingerprint density at radius 2 is 2.00 bits per heavy atom. The molecule has 2 heteroatoms. The van der Waals surface area contributed by atoms with Crippen molar-refractivity contribution in [1.82, 2.24) is 0 Å². The summed E-state index contributed by atoms with van der Waals surface area (Å²) in [4.78, 5) is 0. The quantitative estimate of drug-likeness (QED) is 0.618. The summed E-state index contributed by atoms with van der Waals surface area (Å²) in [5.74, 6) is 0.612. The molecule has 0 fully saturated rings. The van der Waals surface area contributed by atoms with Crippen LogP contribution in [0.5, 0.6) is 0 Å². The highest BCUT2D eigenvalue weighted by Crippen LogP contribution is 2.31. The van der Waals surface area contributed by atoms with Gasteiger partial charge in [0.15, 0.2) is 0 Å². The van der Waals surface area contributed by atoms with E-state index in [4.69, 9.17) is 11.6 Å². The van der Waals surface area contributed by atoms with E-state index in [0.717, 1.165) is 0 Å². The minimum atomic E-state index is 0.612. The number of aryl methyl sites for hydroxylation is 2. The van der Waals surface area contributed by atoms with Gasteiger partial charge in [0.25, 0.3) is 0 Å². The van der Waals surface area contributed by atoms with Gasteiger partial charge in [0.05, 0.1) is 0 Å². The van der Waals surface area contributed by atoms with Gasteiger partial charge in [-0.1, -0.05) is 6.07 Å². The van der Waals surface area contributed by atoms with Gasteiger partial charge in [-0.25, -0.2) is 0 Å². The van der Waals surface area contributed by atoms with Gasteiger partial charge in [0.1, 0.15) is 0 Å². The Kier molecular flexibility index (Phi) is 2.31. The minimum absolute atomic E-state index is 0.612. The Labute approximate surface area is 87.2 Å². The fourth-order valence-corrected chi connectivity index (χ4v) is 2.96. The van der Waals surface area contributed by atoms with E-state index in [9.17, 15) is 0 Å². The molecule has 1 aromatic heterocycles. The van der Waals surface area contributed by atoms with Crippen LogP contribution in [-0.4, -0.2) is 0 Å². The first-order chi connectivity index (χ1) is 6.24. The van der Waals surface area contributed by atoms with Crippen LogP contribution in [0.3, 0.4) is 0 Å². The summed E-state index contributed by atoms with van der Waals surface area (Å²) in [5.41, 5.74) is 3.93. The van der Waals surface area contributed by atoms with Crippen LogP contribution in [0.15, 0.2) is 17.5 Å². The predicted octanol–water partition coefficient (Wildman–Crippen LogP) is 4.26. The first-order valence-electron chi connectivity index (χ1n) is 4.26. The maximum Gasteiger partial charge on any atom is 0.0483 e. The summed E-state index contributed by atoms with van der Waals surface area (Å²) >= 11 is 7.74. The van der Waals surface area contributed by atoms with Crippen LogP contribution >= 0.6 is 22.9 Å². The van der Waals surface area contributed by atoms with Crippen LogP contribution in [0.2, 0.25) is 0 Å². The smallest absolute Gasteiger partial charge is 0.0483 e. The largest absolute Gasteiger partial charge is 0.144 e. The zero-order valence-corrected chi connectivity index (χ0v) is 9.30. The molecule has 0 N–H and O–H groups in total. The van der Waals surface area contributed by atoms with Crippen molar-refractivity contribution in [2.75, 3.05) is 0 Å². The molecule has 0 aliphatic rings. The Hall–Kier alpha value is -0.530. The van der Waals surface area contributed by atoms with Gasteiger partial charge in [-0.15, -0.1) is 22.9 Å². The van der Waals surface area contributed by atoms with Gasteiger partial charge in [-0.3, -0.25) is 0 Å². The summed E-state index contributed by atoms with van der Waals surface area (Å²) in [5, 5.41) is 3.56. The molecule has 0 aliphatic heterocycles. The van der Waals surface area contributed by atoms with Gasteiger partial charge < -0.3 is 0 Å². The molecule has 0 amide bonds. The molecule has 0 saturated heterocycles. The Morgan fingerprint density at radius 1 is 1.23 bits per heavy atom. The molecule has 0 aliphatic carbocycles. The summed E-state index contributed by atoms with van der Waals surface area (Å²) in [6, 6.07) is 4.33. The average Bonchev–Trinajstić information content (AvgIpc) is 2.49. The highest BCUT2D eigenvalue weighted by Gasteiger charge is 2.07. The van der Waals surface area contributed by atoms with Gasteiger partial charge in [0.2, 0.25) is 0 Å². The van der Waals surface area contributed by atoms with E-state index in [0.29, 0.717) is 5.88 Å². The summed E-state index contributed by atoms with van der Waals surface area (Å²) < 4.78 is 1.35. The fourth-order valence-electron chi connectivity index (χ4n) is 1.64. The standard InChI is InChI=1S/C11H11ClS/c1-7-3-4-10-11(9(7)5-12)8(2)6-13-10/h3-4,6H,5H2,1-2H3. The van der Waals surface area contributed by atoms with E-state index in [1.165, 1.54) is 26.8 Å². The second kappa shape index (κ2) is 3.32. The molecular weight excluding hydrogens is 200 g/mol. The molecule has 1 aromatic carbocycles. The zero-order valence-electron chi connectivity index (χ0n) is 7.73. The van der Waals surface area contributed by atoms with E-state index >= 15 is 0 Å². The third-order valence-corrected chi connectivity index (χ3v) is 3.73. The van der Waals surface area contributed by atoms with Gasteiger partial charge in [-0.05, 0) is 42.0 Å². The number of rotatable bonds is 1. The normalized spacial score (nSPS) is 11.0. The van der Waals surface area contributed by atoms with E-state index in [1.807, 2.05) is 0 Å². The van der Waals surface area contributed by atoms with Gasteiger partial charge in [-0.2, -0.15) is 0 Å². The van der Waals surface area contributed by atoms with Crippen LogP contribution < -0.4 is 0 Å². The maximum atomic E-state index is 5.94. The van der Waals surface area contributed by atoms with Crippen LogP contribution in [0, 0.1) is 13.8 Å². The van der Waals surface area contributed by atoms with Crippen molar-refractivity contribution in [1.29, 1.82) is 0 Å². The Bertz CT molecular complexity index is 443. The van der Waals surface area contributed by atoms with Crippen LogP contribution in [0.4, 0.5) is 0 Å². The van der Waals surface area contributed by atoms with Gasteiger partial charge in [0, 0.05) is 16.0 Å². The molecule has 0 spiro atoms. The van der Waals surface area contributed by atoms with Gasteiger partial charge >= 0.3 is 0 Å². The molecule has 0 atom stereocenters. The van der Waals surface area contributed by atoms with Crippen LogP contribution in [0.25, 0.3) is 10.1 Å². The van der Waals surface area contributed by atoms with Crippen molar-refractivity contribution >= 4 is 33.0 Å². The molecule has 2 aromatic rings. The van der Waals surface area contributed by atoms with Crippen molar-refractivity contribution in [3.63, 3.8) is 0 Å². The lowest BCUT2D eigenvalue weighted by atomic mass is 10.0. The van der Waals surface area contributed by atoms with Crippen molar-refractivity contribution in [3.8, 4) is 0 Å². The lowest BCUT2D eigenvalue weighted by Gasteiger charge is -2.04. The Balaban J connectivity index is 2.88. The second-order valence-electron chi connectivity index (χ2n) is 3.29. The first-order valence-corrected chi connectivity index (χ1v) is 5.67. The van der Waals surface area contributed by atoms with E-state index < -0.39 is 0 Å². The lowest BCUT2D eigenvalue weighted by molar-refractivity contribution is 1.33. The minimum Gasteiger partial charge on any atom is -0.144 e.